The van der Waals surface area contributed by atoms with Crippen LogP contribution in [0.4, 0.5) is 5.69 Å². The van der Waals surface area contributed by atoms with Crippen molar-refractivity contribution >= 4 is 52.9 Å². The number of esters is 1. The first-order valence-electron chi connectivity index (χ1n) is 8.26. The highest BCUT2D eigenvalue weighted by Gasteiger charge is 2.09. The first kappa shape index (κ1) is 21.2. The van der Waals surface area contributed by atoms with E-state index in [0.29, 0.717) is 26.9 Å². The lowest BCUT2D eigenvalue weighted by Gasteiger charge is -2.04. The molecule has 0 fully saturated rings. The Hall–Kier alpha value is -3.07. The number of halogens is 2. The van der Waals surface area contributed by atoms with Crippen molar-refractivity contribution in [1.82, 2.24) is 0 Å². The van der Waals surface area contributed by atoms with E-state index in [1.807, 2.05) is 6.07 Å². The van der Waals surface area contributed by atoms with E-state index >= 15 is 0 Å². The minimum absolute atomic E-state index is 0.0959. The zero-order valence-electron chi connectivity index (χ0n) is 14.9. The number of amides is 1. The van der Waals surface area contributed by atoms with Crippen molar-refractivity contribution < 1.29 is 14.3 Å². The van der Waals surface area contributed by atoms with E-state index in [1.54, 1.807) is 55.5 Å². The second kappa shape index (κ2) is 10.3. The van der Waals surface area contributed by atoms with Gasteiger partial charge in [0.1, 0.15) is 11.6 Å². The van der Waals surface area contributed by atoms with Crippen LogP contribution in [0.15, 0.2) is 54.1 Å². The van der Waals surface area contributed by atoms with Gasteiger partial charge in [0.2, 0.25) is 5.91 Å². The zero-order valence-corrected chi connectivity index (χ0v) is 16.4. The molecule has 0 radical (unpaired) electrons. The molecule has 2 aromatic rings. The van der Waals surface area contributed by atoms with Crippen molar-refractivity contribution in [2.24, 2.45) is 0 Å². The summed E-state index contributed by atoms with van der Waals surface area (Å²) in [6.07, 6.45) is 4.37. The van der Waals surface area contributed by atoms with Gasteiger partial charge in [0, 0.05) is 21.8 Å². The third-order valence-electron chi connectivity index (χ3n) is 3.48. The summed E-state index contributed by atoms with van der Waals surface area (Å²) < 4.78 is 4.81. The first-order valence-corrected chi connectivity index (χ1v) is 9.01. The Morgan fingerprint density at radius 3 is 2.50 bits per heavy atom. The molecule has 5 nitrogen and oxygen atoms in total. The molecule has 2 rings (SSSR count). The predicted octanol–water partition coefficient (Wildman–Crippen LogP) is 5.12. The Bertz CT molecular complexity index is 974. The van der Waals surface area contributed by atoms with Crippen LogP contribution in [-0.4, -0.2) is 18.5 Å². The Labute approximate surface area is 172 Å². The summed E-state index contributed by atoms with van der Waals surface area (Å²) in [5.41, 5.74) is 1.76. The van der Waals surface area contributed by atoms with Gasteiger partial charge in [0.05, 0.1) is 6.61 Å². The number of ether oxygens (including phenoxy) is 1. The average Bonchev–Trinajstić information content (AvgIpc) is 2.67. The van der Waals surface area contributed by atoms with E-state index in [1.165, 1.54) is 12.2 Å². The summed E-state index contributed by atoms with van der Waals surface area (Å²) in [5, 5.41) is 12.7. The molecule has 1 amide bonds. The summed E-state index contributed by atoms with van der Waals surface area (Å²) in [7, 11) is 0. The van der Waals surface area contributed by atoms with Crippen molar-refractivity contribution in [2.75, 3.05) is 11.9 Å². The van der Waals surface area contributed by atoms with Gasteiger partial charge in [-0.2, -0.15) is 5.26 Å². The highest BCUT2D eigenvalue weighted by atomic mass is 35.5. The van der Waals surface area contributed by atoms with Gasteiger partial charge in [0.15, 0.2) is 0 Å². The van der Waals surface area contributed by atoms with Crippen molar-refractivity contribution in [3.05, 3.63) is 75.3 Å². The van der Waals surface area contributed by atoms with E-state index in [9.17, 15) is 9.59 Å². The Kier molecular flexibility index (Phi) is 7.82. The summed E-state index contributed by atoms with van der Waals surface area (Å²) in [6, 6.07) is 13.5. The number of nitrogens with zero attached hydrogens (tertiary/aromatic N) is 1. The molecule has 0 aliphatic rings. The van der Waals surface area contributed by atoms with Gasteiger partial charge in [-0.3, -0.25) is 4.79 Å². The fourth-order valence-electron chi connectivity index (χ4n) is 2.16. The van der Waals surface area contributed by atoms with Crippen LogP contribution in [0.5, 0.6) is 0 Å². The van der Waals surface area contributed by atoms with Crippen LogP contribution in [0.2, 0.25) is 10.0 Å². The summed E-state index contributed by atoms with van der Waals surface area (Å²) in [4.78, 5) is 23.7. The normalized spacial score (nSPS) is 11.1. The molecule has 28 heavy (non-hydrogen) atoms. The van der Waals surface area contributed by atoms with Gasteiger partial charge in [0.25, 0.3) is 0 Å². The number of benzene rings is 2. The second-order valence-corrected chi connectivity index (χ2v) is 6.34. The molecule has 0 saturated carbocycles. The number of anilines is 1. The van der Waals surface area contributed by atoms with Crippen LogP contribution < -0.4 is 5.32 Å². The molecular weight excluding hydrogens is 399 g/mol. The second-order valence-electron chi connectivity index (χ2n) is 5.50. The fraction of sp³-hybridized carbons (Fsp3) is 0.0952. The SMILES string of the molecule is CCOC(=O)/C(C#N)=C\c1ccc(NC(=O)/C=C/c2ccc(Cl)cc2Cl)cc1. The van der Waals surface area contributed by atoms with Crippen molar-refractivity contribution in [3.63, 3.8) is 0 Å². The van der Waals surface area contributed by atoms with Gasteiger partial charge >= 0.3 is 5.97 Å². The van der Waals surface area contributed by atoms with E-state index < -0.39 is 5.97 Å². The molecule has 142 valence electrons. The monoisotopic (exact) mass is 414 g/mol. The lowest BCUT2D eigenvalue weighted by molar-refractivity contribution is -0.137. The standard InChI is InChI=1S/C21H16Cl2N2O3/c1-2-28-21(27)16(13-24)11-14-3-8-18(9-4-14)25-20(26)10-6-15-5-7-17(22)12-19(15)23/h3-12H,2H2,1H3,(H,25,26)/b10-6+,16-11-. The molecule has 0 bridgehead atoms. The quantitative estimate of drug-likeness (QED) is 0.404. The van der Waals surface area contributed by atoms with E-state index in [0.717, 1.165) is 0 Å². The van der Waals surface area contributed by atoms with Crippen LogP contribution in [-0.2, 0) is 14.3 Å². The molecule has 0 atom stereocenters. The van der Waals surface area contributed by atoms with Gasteiger partial charge in [-0.1, -0.05) is 41.4 Å². The number of carbonyl (C=O) groups is 2. The van der Waals surface area contributed by atoms with Gasteiger partial charge in [-0.15, -0.1) is 0 Å². The number of carbonyl (C=O) groups excluding carboxylic acids is 2. The number of hydrogen-bond donors (Lipinski definition) is 1. The maximum atomic E-state index is 12.1. The average molecular weight is 415 g/mol. The Morgan fingerprint density at radius 2 is 1.89 bits per heavy atom. The van der Waals surface area contributed by atoms with E-state index in [2.05, 4.69) is 5.32 Å². The Morgan fingerprint density at radius 1 is 1.18 bits per heavy atom. The minimum atomic E-state index is -0.673. The molecule has 0 aliphatic heterocycles. The van der Waals surface area contributed by atoms with Crippen LogP contribution in [0.3, 0.4) is 0 Å². The maximum absolute atomic E-state index is 12.1. The molecule has 7 heteroatoms. The number of hydrogen-bond acceptors (Lipinski definition) is 4. The molecule has 0 heterocycles. The van der Waals surface area contributed by atoms with E-state index in [4.69, 9.17) is 33.2 Å². The third-order valence-corrected chi connectivity index (χ3v) is 4.04. The van der Waals surface area contributed by atoms with Gasteiger partial charge < -0.3 is 10.1 Å². The lowest BCUT2D eigenvalue weighted by Crippen LogP contribution is -2.07. The summed E-state index contributed by atoms with van der Waals surface area (Å²) in [6.45, 7) is 1.86. The lowest BCUT2D eigenvalue weighted by atomic mass is 10.1. The van der Waals surface area contributed by atoms with E-state index in [-0.39, 0.29) is 18.1 Å². The zero-order chi connectivity index (χ0) is 20.5. The first-order chi connectivity index (χ1) is 13.4. The molecule has 0 unspecified atom stereocenters. The molecule has 0 aromatic heterocycles. The highest BCUT2D eigenvalue weighted by Crippen LogP contribution is 2.22. The molecule has 0 spiro atoms. The van der Waals surface area contributed by atoms with Crippen LogP contribution in [0.25, 0.3) is 12.2 Å². The molecule has 1 N–H and O–H groups in total. The number of nitrogens with one attached hydrogen (secondary N) is 1. The molecule has 2 aromatic carbocycles. The van der Waals surface area contributed by atoms with Crippen LogP contribution >= 0.6 is 23.2 Å². The molecule has 0 aliphatic carbocycles. The summed E-state index contributed by atoms with van der Waals surface area (Å²) >= 11 is 11.9. The van der Waals surface area contributed by atoms with Crippen molar-refractivity contribution in [2.45, 2.75) is 6.92 Å². The van der Waals surface area contributed by atoms with Crippen molar-refractivity contribution in [3.8, 4) is 6.07 Å². The van der Waals surface area contributed by atoms with Gasteiger partial charge in [-0.05, 0) is 54.5 Å². The molecule has 0 saturated heterocycles. The summed E-state index contributed by atoms with van der Waals surface area (Å²) in [5.74, 6) is -1.01. The number of rotatable bonds is 6. The van der Waals surface area contributed by atoms with Crippen LogP contribution in [0.1, 0.15) is 18.1 Å². The number of nitriles is 1. The largest absolute Gasteiger partial charge is 0.462 e. The predicted molar refractivity (Wildman–Crippen MR) is 111 cm³/mol. The Balaban J connectivity index is 2.03. The fourth-order valence-corrected chi connectivity index (χ4v) is 2.63. The molecular formula is C21H16Cl2N2O3. The van der Waals surface area contributed by atoms with Gasteiger partial charge in [-0.25, -0.2) is 4.79 Å². The highest BCUT2D eigenvalue weighted by molar-refractivity contribution is 6.35. The maximum Gasteiger partial charge on any atom is 0.348 e. The smallest absolute Gasteiger partial charge is 0.348 e. The van der Waals surface area contributed by atoms with Crippen molar-refractivity contribution in [1.29, 1.82) is 5.26 Å². The van der Waals surface area contributed by atoms with Crippen LogP contribution in [0, 0.1) is 11.3 Å². The minimum Gasteiger partial charge on any atom is -0.462 e. The third kappa shape index (κ3) is 6.27. The topological polar surface area (TPSA) is 79.2 Å².